The van der Waals surface area contributed by atoms with Gasteiger partial charge in [0.2, 0.25) is 0 Å². The SMILES string of the molecule is CCCc1cc(Br)cc(F)c1C(OCC)OCC. The Morgan fingerprint density at radius 3 is 2.28 bits per heavy atom. The van der Waals surface area contributed by atoms with Gasteiger partial charge in [0.25, 0.3) is 0 Å². The minimum Gasteiger partial charge on any atom is -0.349 e. The van der Waals surface area contributed by atoms with Gasteiger partial charge in [-0.05, 0) is 38.0 Å². The highest BCUT2D eigenvalue weighted by atomic mass is 79.9. The Kier molecular flexibility index (Phi) is 6.82. The third-order valence-corrected chi connectivity index (χ3v) is 3.03. The zero-order valence-electron chi connectivity index (χ0n) is 11.1. The van der Waals surface area contributed by atoms with Crippen molar-refractivity contribution in [1.29, 1.82) is 0 Å². The lowest BCUT2D eigenvalue weighted by atomic mass is 10.0. The van der Waals surface area contributed by atoms with Crippen LogP contribution in [0.5, 0.6) is 0 Å². The molecule has 18 heavy (non-hydrogen) atoms. The summed E-state index contributed by atoms with van der Waals surface area (Å²) >= 11 is 3.32. The average molecular weight is 319 g/mol. The Morgan fingerprint density at radius 2 is 1.78 bits per heavy atom. The van der Waals surface area contributed by atoms with Crippen LogP contribution >= 0.6 is 15.9 Å². The molecule has 1 rings (SSSR count). The maximum absolute atomic E-state index is 14.1. The smallest absolute Gasteiger partial charge is 0.186 e. The number of ether oxygens (including phenoxy) is 2. The molecule has 0 atom stereocenters. The summed E-state index contributed by atoms with van der Waals surface area (Å²) in [5, 5.41) is 0. The molecule has 0 aliphatic rings. The van der Waals surface area contributed by atoms with Crippen molar-refractivity contribution in [2.75, 3.05) is 13.2 Å². The second-order valence-corrected chi connectivity index (χ2v) is 4.87. The fourth-order valence-corrected chi connectivity index (χ4v) is 2.37. The van der Waals surface area contributed by atoms with Gasteiger partial charge in [0, 0.05) is 23.2 Å². The third kappa shape index (κ3) is 4.04. The lowest BCUT2D eigenvalue weighted by Crippen LogP contribution is -2.13. The Balaban J connectivity index is 3.16. The zero-order valence-corrected chi connectivity index (χ0v) is 12.7. The van der Waals surface area contributed by atoms with E-state index in [0.717, 1.165) is 22.9 Å². The highest BCUT2D eigenvalue weighted by Gasteiger charge is 2.20. The lowest BCUT2D eigenvalue weighted by Gasteiger charge is -2.21. The van der Waals surface area contributed by atoms with Crippen LogP contribution in [0.15, 0.2) is 16.6 Å². The third-order valence-electron chi connectivity index (χ3n) is 2.57. The minimum atomic E-state index is -0.616. The molecule has 0 aliphatic carbocycles. The number of rotatable bonds is 7. The van der Waals surface area contributed by atoms with Gasteiger partial charge in [-0.25, -0.2) is 4.39 Å². The molecule has 0 spiro atoms. The second kappa shape index (κ2) is 7.87. The molecule has 1 aromatic carbocycles. The number of benzene rings is 1. The molecule has 0 radical (unpaired) electrons. The topological polar surface area (TPSA) is 18.5 Å². The van der Waals surface area contributed by atoms with Crippen molar-refractivity contribution in [2.24, 2.45) is 0 Å². The Labute approximate surface area is 117 Å². The van der Waals surface area contributed by atoms with Gasteiger partial charge in [-0.15, -0.1) is 0 Å². The van der Waals surface area contributed by atoms with Gasteiger partial charge in [-0.2, -0.15) is 0 Å². The normalized spacial score (nSPS) is 11.2. The summed E-state index contributed by atoms with van der Waals surface area (Å²) < 4.78 is 25.9. The van der Waals surface area contributed by atoms with Crippen LogP contribution in [-0.2, 0) is 15.9 Å². The van der Waals surface area contributed by atoms with Crippen molar-refractivity contribution in [3.8, 4) is 0 Å². The van der Waals surface area contributed by atoms with Crippen LogP contribution in [0.3, 0.4) is 0 Å². The van der Waals surface area contributed by atoms with E-state index in [1.54, 1.807) is 0 Å². The molecule has 0 aliphatic heterocycles. The molecule has 2 nitrogen and oxygen atoms in total. The number of halogens is 2. The predicted molar refractivity (Wildman–Crippen MR) is 74.1 cm³/mol. The quantitative estimate of drug-likeness (QED) is 0.683. The van der Waals surface area contributed by atoms with Crippen LogP contribution < -0.4 is 0 Å². The zero-order chi connectivity index (χ0) is 13.5. The number of hydrogen-bond acceptors (Lipinski definition) is 2. The van der Waals surface area contributed by atoms with Crippen molar-refractivity contribution in [1.82, 2.24) is 0 Å². The molecule has 0 saturated carbocycles. The van der Waals surface area contributed by atoms with Gasteiger partial charge >= 0.3 is 0 Å². The fourth-order valence-electron chi connectivity index (χ4n) is 1.90. The highest BCUT2D eigenvalue weighted by Crippen LogP contribution is 2.29. The molecule has 0 fully saturated rings. The van der Waals surface area contributed by atoms with E-state index in [1.165, 1.54) is 6.07 Å². The summed E-state index contributed by atoms with van der Waals surface area (Å²) in [5.41, 5.74) is 1.47. The lowest BCUT2D eigenvalue weighted by molar-refractivity contribution is -0.142. The molecule has 1 aromatic rings. The van der Waals surface area contributed by atoms with Gasteiger partial charge in [-0.3, -0.25) is 0 Å². The molecular formula is C14H20BrFO2. The maximum Gasteiger partial charge on any atom is 0.186 e. The molecule has 0 bridgehead atoms. The van der Waals surface area contributed by atoms with Crippen LogP contribution in [0.2, 0.25) is 0 Å². The van der Waals surface area contributed by atoms with Crippen LogP contribution in [0.1, 0.15) is 44.6 Å². The first-order valence-corrected chi connectivity index (χ1v) is 7.14. The van der Waals surface area contributed by atoms with E-state index in [-0.39, 0.29) is 5.82 Å². The first kappa shape index (κ1) is 15.6. The fraction of sp³-hybridized carbons (Fsp3) is 0.571. The van der Waals surface area contributed by atoms with E-state index < -0.39 is 6.29 Å². The molecule has 0 N–H and O–H groups in total. The standard InChI is InChI=1S/C14H20BrFO2/c1-4-7-10-8-11(15)9-12(16)13(10)14(17-5-2)18-6-3/h8-9,14H,4-7H2,1-3H3. The van der Waals surface area contributed by atoms with E-state index in [4.69, 9.17) is 9.47 Å². The van der Waals surface area contributed by atoms with Crippen molar-refractivity contribution in [3.63, 3.8) is 0 Å². The molecule has 0 unspecified atom stereocenters. The molecule has 102 valence electrons. The summed E-state index contributed by atoms with van der Waals surface area (Å²) in [5.74, 6) is -0.278. The Bertz CT molecular complexity index is 376. The molecule has 0 heterocycles. The largest absolute Gasteiger partial charge is 0.349 e. The molecular weight excluding hydrogens is 299 g/mol. The molecule has 0 aromatic heterocycles. The van der Waals surface area contributed by atoms with E-state index in [0.29, 0.717) is 18.8 Å². The Hall–Kier alpha value is -0.450. The van der Waals surface area contributed by atoms with Gasteiger partial charge < -0.3 is 9.47 Å². The summed E-state index contributed by atoms with van der Waals surface area (Å²) in [6.07, 6.45) is 1.14. The first-order valence-electron chi connectivity index (χ1n) is 6.34. The van der Waals surface area contributed by atoms with Gasteiger partial charge in [0.15, 0.2) is 6.29 Å². The van der Waals surface area contributed by atoms with Gasteiger partial charge in [0.1, 0.15) is 5.82 Å². The summed E-state index contributed by atoms with van der Waals surface area (Å²) in [7, 11) is 0. The number of hydrogen-bond donors (Lipinski definition) is 0. The van der Waals surface area contributed by atoms with Gasteiger partial charge in [0.05, 0.1) is 0 Å². The van der Waals surface area contributed by atoms with Crippen LogP contribution in [0.25, 0.3) is 0 Å². The first-order chi connectivity index (χ1) is 8.63. The van der Waals surface area contributed by atoms with Crippen molar-refractivity contribution >= 4 is 15.9 Å². The van der Waals surface area contributed by atoms with E-state index >= 15 is 0 Å². The summed E-state index contributed by atoms with van der Waals surface area (Å²) in [6.45, 7) is 6.81. The predicted octanol–water partition coefficient (Wildman–Crippen LogP) is 4.61. The molecule has 0 saturated heterocycles. The van der Waals surface area contributed by atoms with Crippen LogP contribution in [-0.4, -0.2) is 13.2 Å². The number of aryl methyl sites for hydroxylation is 1. The minimum absolute atomic E-state index is 0.278. The monoisotopic (exact) mass is 318 g/mol. The molecule has 4 heteroatoms. The van der Waals surface area contributed by atoms with Crippen molar-refractivity contribution in [2.45, 2.75) is 39.9 Å². The second-order valence-electron chi connectivity index (χ2n) is 3.95. The maximum atomic E-state index is 14.1. The van der Waals surface area contributed by atoms with E-state index in [9.17, 15) is 4.39 Å². The van der Waals surface area contributed by atoms with Crippen molar-refractivity contribution in [3.05, 3.63) is 33.5 Å². The average Bonchev–Trinajstić information content (AvgIpc) is 2.29. The Morgan fingerprint density at radius 1 is 1.17 bits per heavy atom. The molecule has 0 amide bonds. The van der Waals surface area contributed by atoms with E-state index in [2.05, 4.69) is 22.9 Å². The van der Waals surface area contributed by atoms with Crippen molar-refractivity contribution < 1.29 is 13.9 Å². The van der Waals surface area contributed by atoms with Crippen LogP contribution in [0, 0.1) is 5.82 Å². The highest BCUT2D eigenvalue weighted by molar-refractivity contribution is 9.10. The van der Waals surface area contributed by atoms with E-state index in [1.807, 2.05) is 19.9 Å². The van der Waals surface area contributed by atoms with Crippen LogP contribution in [0.4, 0.5) is 4.39 Å². The summed E-state index contributed by atoms with van der Waals surface area (Å²) in [4.78, 5) is 0. The summed E-state index contributed by atoms with van der Waals surface area (Å²) in [6, 6.07) is 3.40. The van der Waals surface area contributed by atoms with Gasteiger partial charge in [-0.1, -0.05) is 29.3 Å².